The van der Waals surface area contributed by atoms with Gasteiger partial charge in [0.15, 0.2) is 46.0 Å². The normalized spacial score (nSPS) is 10.8. The molecule has 0 N–H and O–H groups in total. The van der Waals surface area contributed by atoms with Crippen LogP contribution in [0.1, 0.15) is 22.3 Å². The fraction of sp³-hybridized carbons (Fsp3) is 0.182. The van der Waals surface area contributed by atoms with Gasteiger partial charge in [0, 0.05) is 0 Å². The van der Waals surface area contributed by atoms with Crippen LogP contribution in [0.4, 0.5) is 0 Å². The second-order valence-corrected chi connectivity index (χ2v) is 15.6. The first-order valence-electron chi connectivity index (χ1n) is 17.8. The van der Waals surface area contributed by atoms with E-state index in [1.54, 1.807) is 52.7 Å². The number of methoxy groups -OCH3 is 4. The number of rotatable bonds is 18. The second kappa shape index (κ2) is 19.6. The quantitative estimate of drug-likeness (QED) is 0.0776. The molecule has 0 aliphatic carbocycles. The third kappa shape index (κ3) is 10.5. The van der Waals surface area contributed by atoms with Gasteiger partial charge in [-0.25, -0.2) is 0 Å². The highest BCUT2D eigenvalue weighted by Gasteiger charge is 2.29. The molecule has 0 radical (unpaired) electrons. The van der Waals surface area contributed by atoms with Crippen molar-refractivity contribution in [2.24, 2.45) is 0 Å². The molecule has 6 aromatic carbocycles. The van der Waals surface area contributed by atoms with Gasteiger partial charge in [0.05, 0.1) is 38.2 Å². The first-order chi connectivity index (χ1) is 27.7. The van der Waals surface area contributed by atoms with Crippen LogP contribution in [0.3, 0.4) is 0 Å². The molecule has 0 aliphatic heterocycles. The molecule has 0 spiro atoms. The maximum Gasteiger partial charge on any atom is 0.530 e. The Kier molecular flexibility index (Phi) is 14.2. The van der Waals surface area contributed by atoms with Crippen LogP contribution in [0.25, 0.3) is 0 Å². The lowest BCUT2D eigenvalue weighted by molar-refractivity contribution is 0.345. The van der Waals surface area contributed by atoms with Gasteiger partial charge < -0.3 is 46.1 Å². The van der Waals surface area contributed by atoms with Crippen molar-refractivity contribution in [2.45, 2.75) is 37.5 Å². The van der Waals surface area contributed by atoms with Crippen molar-refractivity contribution in [1.82, 2.24) is 0 Å². The molecule has 0 saturated heterocycles. The Morgan fingerprint density at radius 2 is 0.614 bits per heavy atom. The summed E-state index contributed by atoms with van der Waals surface area (Å²) in [5.41, 5.74) is 3.84. The zero-order chi connectivity index (χ0) is 40.3. The molecule has 57 heavy (non-hydrogen) atoms. The molecule has 0 fully saturated rings. The van der Waals surface area contributed by atoms with Crippen LogP contribution in [0.2, 0.25) is 0 Å². The maximum absolute atomic E-state index is 6.78. The number of hydrogen-bond acceptors (Lipinski definition) is 11. The van der Waals surface area contributed by atoms with E-state index >= 15 is 0 Å². The van der Waals surface area contributed by atoms with Gasteiger partial charge in [-0.1, -0.05) is 72.4 Å². The van der Waals surface area contributed by atoms with Crippen LogP contribution < -0.4 is 46.1 Å². The standard InChI is InChI=1S/C44H44O10P2S/c1-29-25-31(3)43(53-55(49-37-21-13-9-17-33(37)45-5)50-38-22-14-10-18-34(38)46-6)41(27-29)57-42-28-30(2)26-32(4)44(42)54-56(51-39-23-15-11-19-35(39)47-7)52-40-24-16-12-20-36(40)48-8/h9-28H,1-8H3. The smallest absolute Gasteiger partial charge is 0.493 e. The SMILES string of the molecule is COc1ccccc1OP(Oc1ccccc1OC)Oc1c(C)cc(C)cc1Sc1cc(C)cc(C)c1OP(Oc1ccccc1OC)Oc1ccccc1OC. The summed E-state index contributed by atoms with van der Waals surface area (Å²) in [5, 5.41) is 0. The van der Waals surface area contributed by atoms with Gasteiger partial charge in [0.2, 0.25) is 0 Å². The van der Waals surface area contributed by atoms with Crippen LogP contribution >= 0.6 is 29.0 Å². The summed E-state index contributed by atoms with van der Waals surface area (Å²) in [5.74, 6) is 5.13. The van der Waals surface area contributed by atoms with Gasteiger partial charge in [0.1, 0.15) is 11.5 Å². The van der Waals surface area contributed by atoms with E-state index in [0.29, 0.717) is 57.5 Å². The molecule has 0 bridgehead atoms. The minimum Gasteiger partial charge on any atom is -0.493 e. The van der Waals surface area contributed by atoms with Crippen molar-refractivity contribution in [3.05, 3.63) is 144 Å². The minimum atomic E-state index is -2.12. The first-order valence-corrected chi connectivity index (χ1v) is 20.8. The molecule has 10 nitrogen and oxygen atoms in total. The molecule has 13 heteroatoms. The molecule has 0 aromatic heterocycles. The third-order valence-electron chi connectivity index (χ3n) is 8.29. The number of hydrogen-bond donors (Lipinski definition) is 0. The molecule has 0 heterocycles. The summed E-state index contributed by atoms with van der Waals surface area (Å²) >= 11 is 1.49. The molecule has 0 amide bonds. The fourth-order valence-corrected chi connectivity index (χ4v) is 9.39. The number of para-hydroxylation sites is 8. The van der Waals surface area contributed by atoms with Gasteiger partial charge in [-0.05, 0) is 111 Å². The van der Waals surface area contributed by atoms with E-state index in [1.807, 2.05) is 100 Å². The Hall–Kier alpha value is -5.47. The Morgan fingerprint density at radius 3 is 0.877 bits per heavy atom. The highest BCUT2D eigenvalue weighted by molar-refractivity contribution is 7.99. The molecule has 6 rings (SSSR count). The Morgan fingerprint density at radius 1 is 0.351 bits per heavy atom. The van der Waals surface area contributed by atoms with Crippen molar-refractivity contribution in [2.75, 3.05) is 28.4 Å². The molecule has 0 unspecified atom stereocenters. The summed E-state index contributed by atoms with van der Waals surface area (Å²) in [6, 6.07) is 37.6. The summed E-state index contributed by atoms with van der Waals surface area (Å²) in [4.78, 5) is 1.62. The van der Waals surface area contributed by atoms with Crippen molar-refractivity contribution in [1.29, 1.82) is 0 Å². The highest BCUT2D eigenvalue weighted by atomic mass is 32.2. The minimum absolute atomic E-state index is 0.462. The monoisotopic (exact) mass is 826 g/mol. The largest absolute Gasteiger partial charge is 0.530 e. The lowest BCUT2D eigenvalue weighted by Gasteiger charge is -2.24. The summed E-state index contributed by atoms with van der Waals surface area (Å²) in [6.45, 7) is 8.07. The average Bonchev–Trinajstić information content (AvgIpc) is 3.21. The predicted octanol–water partition coefficient (Wildman–Crippen LogP) is 12.6. The molecule has 6 aromatic rings. The molecular formula is C44H44O10P2S. The molecule has 296 valence electrons. The van der Waals surface area contributed by atoms with Crippen LogP contribution in [-0.4, -0.2) is 28.4 Å². The summed E-state index contributed by atoms with van der Waals surface area (Å²) < 4.78 is 61.8. The number of benzene rings is 6. The molecule has 0 aliphatic rings. The van der Waals surface area contributed by atoms with Crippen LogP contribution in [0, 0.1) is 27.7 Å². The zero-order valence-corrected chi connectivity index (χ0v) is 35.5. The molecule has 0 saturated carbocycles. The second-order valence-electron chi connectivity index (χ2n) is 12.5. The number of ether oxygens (including phenoxy) is 4. The van der Waals surface area contributed by atoms with Gasteiger partial charge in [-0.2, -0.15) is 0 Å². The zero-order valence-electron chi connectivity index (χ0n) is 32.9. The van der Waals surface area contributed by atoms with Crippen LogP contribution in [-0.2, 0) is 0 Å². The van der Waals surface area contributed by atoms with E-state index in [2.05, 4.69) is 24.3 Å². The van der Waals surface area contributed by atoms with E-state index in [9.17, 15) is 0 Å². The van der Waals surface area contributed by atoms with Gasteiger partial charge in [-0.3, -0.25) is 0 Å². The lowest BCUT2D eigenvalue weighted by Crippen LogP contribution is -2.06. The molecule has 0 atom stereocenters. The van der Waals surface area contributed by atoms with Gasteiger partial charge in [-0.15, -0.1) is 0 Å². The fourth-order valence-electron chi connectivity index (χ4n) is 5.69. The summed E-state index contributed by atoms with van der Waals surface area (Å²) in [6.07, 6.45) is 0. The van der Waals surface area contributed by atoms with Gasteiger partial charge in [0.25, 0.3) is 0 Å². The van der Waals surface area contributed by atoms with E-state index in [-0.39, 0.29) is 0 Å². The maximum atomic E-state index is 6.78. The van der Waals surface area contributed by atoms with Crippen molar-refractivity contribution >= 4 is 29.0 Å². The Labute approximate surface area is 340 Å². The van der Waals surface area contributed by atoms with E-state index < -0.39 is 17.2 Å². The van der Waals surface area contributed by atoms with Gasteiger partial charge >= 0.3 is 17.2 Å². The Bertz CT molecular complexity index is 2030. The Balaban J connectivity index is 1.39. The van der Waals surface area contributed by atoms with Crippen molar-refractivity contribution in [3.63, 3.8) is 0 Å². The first kappa shape index (κ1) is 41.2. The molecular weight excluding hydrogens is 782 g/mol. The number of aryl methyl sites for hydroxylation is 4. The van der Waals surface area contributed by atoms with Crippen molar-refractivity contribution < 1.29 is 46.1 Å². The van der Waals surface area contributed by atoms with E-state index in [4.69, 9.17) is 46.1 Å². The third-order valence-corrected chi connectivity index (χ3v) is 11.4. The van der Waals surface area contributed by atoms with Crippen LogP contribution in [0.5, 0.6) is 57.5 Å². The predicted molar refractivity (Wildman–Crippen MR) is 226 cm³/mol. The van der Waals surface area contributed by atoms with Crippen LogP contribution in [0.15, 0.2) is 131 Å². The lowest BCUT2D eigenvalue weighted by atomic mass is 10.1. The summed E-state index contributed by atoms with van der Waals surface area (Å²) in [7, 11) is 2.12. The van der Waals surface area contributed by atoms with E-state index in [0.717, 1.165) is 32.0 Å². The average molecular weight is 827 g/mol. The highest BCUT2D eigenvalue weighted by Crippen LogP contribution is 2.54. The van der Waals surface area contributed by atoms with Crippen molar-refractivity contribution in [3.8, 4) is 57.5 Å². The van der Waals surface area contributed by atoms with E-state index in [1.165, 1.54) is 11.8 Å². The topological polar surface area (TPSA) is 92.3 Å².